The van der Waals surface area contributed by atoms with Gasteiger partial charge in [0.2, 0.25) is 0 Å². The topological polar surface area (TPSA) is 42.9 Å². The summed E-state index contributed by atoms with van der Waals surface area (Å²) in [5.74, 6) is 1.25. The molecule has 1 aromatic heterocycles. The first-order chi connectivity index (χ1) is 6.72. The Morgan fingerprint density at radius 1 is 1.50 bits per heavy atom. The first kappa shape index (κ1) is 9.65. The van der Waals surface area contributed by atoms with Crippen LogP contribution in [0.2, 0.25) is 0 Å². The molecule has 2 heterocycles. The van der Waals surface area contributed by atoms with Crippen LogP contribution in [0.15, 0.2) is 18.7 Å². The van der Waals surface area contributed by atoms with Gasteiger partial charge in [0, 0.05) is 12.4 Å². The predicted molar refractivity (Wildman–Crippen MR) is 56.5 cm³/mol. The maximum Gasteiger partial charge on any atom is 0.181 e. The monoisotopic (exact) mass is 208 g/mol. The van der Waals surface area contributed by atoms with Crippen molar-refractivity contribution in [2.45, 2.75) is 24.5 Å². The highest BCUT2D eigenvalue weighted by Gasteiger charge is 2.37. The van der Waals surface area contributed by atoms with E-state index in [-0.39, 0.29) is 10.5 Å². The molecule has 2 rings (SSSR count). The molecule has 0 bridgehead atoms. The largest absolute Gasteiger partial charge is 0.292 e. The van der Waals surface area contributed by atoms with Crippen molar-refractivity contribution in [1.82, 2.24) is 9.97 Å². The van der Waals surface area contributed by atoms with Crippen molar-refractivity contribution in [3.8, 4) is 0 Å². The molecule has 1 saturated heterocycles. The van der Waals surface area contributed by atoms with E-state index in [0.29, 0.717) is 5.56 Å². The number of carbonyl (C=O) groups excluding carboxylic acids is 1. The smallest absolute Gasteiger partial charge is 0.181 e. The number of rotatable bonds is 2. The van der Waals surface area contributed by atoms with Crippen molar-refractivity contribution in [3.63, 3.8) is 0 Å². The summed E-state index contributed by atoms with van der Waals surface area (Å²) in [6, 6.07) is 0. The number of hydrogen-bond donors (Lipinski definition) is 0. The van der Waals surface area contributed by atoms with Gasteiger partial charge in [-0.15, -0.1) is 11.8 Å². The van der Waals surface area contributed by atoms with E-state index in [0.717, 1.165) is 18.6 Å². The summed E-state index contributed by atoms with van der Waals surface area (Å²) in [6.07, 6.45) is 6.73. The van der Waals surface area contributed by atoms with Gasteiger partial charge in [-0.25, -0.2) is 9.97 Å². The first-order valence-corrected chi connectivity index (χ1v) is 5.65. The highest BCUT2D eigenvalue weighted by Crippen LogP contribution is 2.39. The van der Waals surface area contributed by atoms with Crippen LogP contribution in [0.3, 0.4) is 0 Å². The average molecular weight is 208 g/mol. The molecule has 0 saturated carbocycles. The van der Waals surface area contributed by atoms with Crippen LogP contribution >= 0.6 is 11.8 Å². The van der Waals surface area contributed by atoms with E-state index in [4.69, 9.17) is 0 Å². The molecule has 0 N–H and O–H groups in total. The molecule has 1 aliphatic rings. The van der Waals surface area contributed by atoms with Crippen LogP contribution < -0.4 is 0 Å². The Bertz CT molecular complexity index is 333. The Labute approximate surface area is 87.3 Å². The van der Waals surface area contributed by atoms with Crippen LogP contribution in [-0.2, 0) is 0 Å². The van der Waals surface area contributed by atoms with Crippen molar-refractivity contribution >= 4 is 17.5 Å². The molecule has 14 heavy (non-hydrogen) atoms. The summed E-state index contributed by atoms with van der Waals surface area (Å²) in [6.45, 7) is 2.01. The lowest BCUT2D eigenvalue weighted by atomic mass is 9.96. The Hall–Kier alpha value is -0.900. The standard InChI is InChI=1S/C10H12N2OS/c1-10(3-2-4-14-10)9(13)8-5-11-7-12-6-8/h5-7H,2-4H2,1H3. The van der Waals surface area contributed by atoms with E-state index in [9.17, 15) is 4.79 Å². The van der Waals surface area contributed by atoms with Crippen LogP contribution in [0.1, 0.15) is 30.1 Å². The van der Waals surface area contributed by atoms with Gasteiger partial charge in [-0.05, 0) is 25.5 Å². The van der Waals surface area contributed by atoms with Crippen LogP contribution in [0.4, 0.5) is 0 Å². The van der Waals surface area contributed by atoms with Gasteiger partial charge in [0.25, 0.3) is 0 Å². The molecule has 1 aromatic rings. The second-order valence-electron chi connectivity index (χ2n) is 3.64. The van der Waals surface area contributed by atoms with Crippen molar-refractivity contribution in [3.05, 3.63) is 24.3 Å². The zero-order chi connectivity index (χ0) is 10.0. The minimum atomic E-state index is -0.245. The Balaban J connectivity index is 2.24. The van der Waals surface area contributed by atoms with Crippen molar-refractivity contribution in [2.75, 3.05) is 5.75 Å². The Morgan fingerprint density at radius 2 is 2.21 bits per heavy atom. The van der Waals surface area contributed by atoms with Crippen molar-refractivity contribution in [2.24, 2.45) is 0 Å². The molecule has 4 heteroatoms. The van der Waals surface area contributed by atoms with Crippen LogP contribution in [0, 0.1) is 0 Å². The number of aromatic nitrogens is 2. The zero-order valence-electron chi connectivity index (χ0n) is 8.06. The molecule has 1 fully saturated rings. The Kier molecular flexibility index (Phi) is 2.54. The SMILES string of the molecule is CC1(C(=O)c2cncnc2)CCCS1. The van der Waals surface area contributed by atoms with Gasteiger partial charge in [-0.1, -0.05) is 0 Å². The molecule has 0 spiro atoms. The molecule has 0 amide bonds. The van der Waals surface area contributed by atoms with Crippen LogP contribution in [-0.4, -0.2) is 26.3 Å². The van der Waals surface area contributed by atoms with Gasteiger partial charge >= 0.3 is 0 Å². The number of hydrogen-bond acceptors (Lipinski definition) is 4. The van der Waals surface area contributed by atoms with E-state index < -0.39 is 0 Å². The van der Waals surface area contributed by atoms with Crippen LogP contribution in [0.25, 0.3) is 0 Å². The summed E-state index contributed by atoms with van der Waals surface area (Å²) < 4.78 is -0.245. The van der Waals surface area contributed by atoms with Crippen LogP contribution in [0.5, 0.6) is 0 Å². The predicted octanol–water partition coefficient (Wildman–Crippen LogP) is 1.95. The molecular formula is C10H12N2OS. The van der Waals surface area contributed by atoms with Gasteiger partial charge in [0.05, 0.1) is 10.3 Å². The lowest BCUT2D eigenvalue weighted by molar-refractivity contribution is 0.0948. The van der Waals surface area contributed by atoms with Gasteiger partial charge in [0.1, 0.15) is 6.33 Å². The van der Waals surface area contributed by atoms with E-state index in [1.54, 1.807) is 24.2 Å². The number of nitrogens with zero attached hydrogens (tertiary/aromatic N) is 2. The fourth-order valence-electron chi connectivity index (χ4n) is 1.68. The van der Waals surface area contributed by atoms with E-state index in [2.05, 4.69) is 9.97 Å². The van der Waals surface area contributed by atoms with Crippen molar-refractivity contribution < 1.29 is 4.79 Å². The third kappa shape index (κ3) is 1.66. The van der Waals surface area contributed by atoms with E-state index >= 15 is 0 Å². The summed E-state index contributed by atoms with van der Waals surface area (Å²) in [5.41, 5.74) is 0.629. The molecular weight excluding hydrogens is 196 g/mol. The highest BCUT2D eigenvalue weighted by molar-refractivity contribution is 8.01. The van der Waals surface area contributed by atoms with Gasteiger partial charge in [-0.2, -0.15) is 0 Å². The van der Waals surface area contributed by atoms with Crippen molar-refractivity contribution in [1.29, 1.82) is 0 Å². The minimum Gasteiger partial charge on any atom is -0.292 e. The third-order valence-corrected chi connectivity index (χ3v) is 4.04. The van der Waals surface area contributed by atoms with Gasteiger partial charge < -0.3 is 0 Å². The summed E-state index contributed by atoms with van der Waals surface area (Å²) in [7, 11) is 0. The maximum atomic E-state index is 12.1. The molecule has 0 aliphatic carbocycles. The highest BCUT2D eigenvalue weighted by atomic mass is 32.2. The Morgan fingerprint density at radius 3 is 2.79 bits per heavy atom. The molecule has 0 radical (unpaired) electrons. The fraction of sp³-hybridized carbons (Fsp3) is 0.500. The number of carbonyl (C=O) groups is 1. The zero-order valence-corrected chi connectivity index (χ0v) is 8.88. The van der Waals surface area contributed by atoms with Gasteiger partial charge in [0.15, 0.2) is 5.78 Å². The molecule has 1 atom stereocenters. The summed E-state index contributed by atoms with van der Waals surface area (Å²) in [4.78, 5) is 19.8. The maximum absolute atomic E-state index is 12.1. The second kappa shape index (κ2) is 3.69. The fourth-order valence-corrected chi connectivity index (χ4v) is 2.96. The minimum absolute atomic E-state index is 0.167. The lowest BCUT2D eigenvalue weighted by Gasteiger charge is -2.20. The molecule has 74 valence electrons. The molecule has 3 nitrogen and oxygen atoms in total. The first-order valence-electron chi connectivity index (χ1n) is 4.66. The summed E-state index contributed by atoms with van der Waals surface area (Å²) >= 11 is 1.74. The third-order valence-electron chi connectivity index (χ3n) is 2.52. The lowest BCUT2D eigenvalue weighted by Crippen LogP contribution is -2.28. The normalized spacial score (nSPS) is 26.4. The average Bonchev–Trinajstić information content (AvgIpc) is 2.67. The quantitative estimate of drug-likeness (QED) is 0.697. The molecule has 0 aromatic carbocycles. The summed E-state index contributed by atoms with van der Waals surface area (Å²) in [5, 5.41) is 0. The van der Waals surface area contributed by atoms with E-state index in [1.807, 2.05) is 6.92 Å². The second-order valence-corrected chi connectivity index (χ2v) is 5.24. The molecule has 1 unspecified atom stereocenters. The number of ketones is 1. The molecule has 1 aliphatic heterocycles. The van der Waals surface area contributed by atoms with E-state index in [1.165, 1.54) is 6.33 Å². The number of Topliss-reactive ketones (excluding diaryl/α,β-unsaturated/α-hetero) is 1. The van der Waals surface area contributed by atoms with Gasteiger partial charge in [-0.3, -0.25) is 4.79 Å². The number of thioether (sulfide) groups is 1.